The third-order valence-corrected chi connectivity index (χ3v) is 4.37. The first kappa shape index (κ1) is 26.0. The second-order valence-corrected chi connectivity index (χ2v) is 7.04. The fraction of sp³-hybridized carbons (Fsp3) is 0.895. The first-order valence-corrected chi connectivity index (χ1v) is 10.9. The van der Waals surface area contributed by atoms with Crippen molar-refractivity contribution < 1.29 is 28.2 Å². The van der Waals surface area contributed by atoms with Gasteiger partial charge >= 0.3 is 20.6 Å². The van der Waals surface area contributed by atoms with Crippen LogP contribution in [0.15, 0.2) is 0 Å². The normalized spacial score (nSPS) is 12.1. The van der Waals surface area contributed by atoms with Crippen molar-refractivity contribution in [2.24, 2.45) is 5.73 Å². The summed E-state index contributed by atoms with van der Waals surface area (Å²) >= 11 is 0. The minimum Gasteiger partial charge on any atom is -0.462 e. The lowest BCUT2D eigenvalue weighted by molar-refractivity contribution is -0.160. The molecule has 0 amide bonds. The van der Waals surface area contributed by atoms with Crippen LogP contribution in [0.1, 0.15) is 84.0 Å². The van der Waals surface area contributed by atoms with Crippen molar-refractivity contribution >= 4 is 20.6 Å². The van der Waals surface area contributed by atoms with Gasteiger partial charge in [-0.15, -0.1) is 0 Å². The molecular formula is C19H36NO6P. The molecule has 0 aromatic heterocycles. The van der Waals surface area contributed by atoms with E-state index in [-0.39, 0.29) is 25.2 Å². The molecule has 0 aliphatic heterocycles. The molecule has 0 aromatic rings. The minimum absolute atomic E-state index is 0.0704. The first-order valence-electron chi connectivity index (χ1n) is 10.1. The minimum atomic E-state index is -0.733. The van der Waals surface area contributed by atoms with Crippen molar-refractivity contribution in [3.8, 4) is 0 Å². The first-order chi connectivity index (χ1) is 13.1. The number of nitrogens with two attached hydrogens (primary N) is 1. The lowest BCUT2D eigenvalue weighted by atomic mass is 10.1. The molecule has 158 valence electrons. The second kappa shape index (κ2) is 19.7. The van der Waals surface area contributed by atoms with Crippen LogP contribution in [0, 0.1) is 0 Å². The Bertz CT molecular complexity index is 394. The maximum absolute atomic E-state index is 11.9. The summed E-state index contributed by atoms with van der Waals surface area (Å²) in [7, 11) is -0.497. The van der Waals surface area contributed by atoms with Crippen LogP contribution in [0.4, 0.5) is 0 Å². The average Bonchev–Trinajstić information content (AvgIpc) is 2.66. The van der Waals surface area contributed by atoms with Crippen molar-refractivity contribution in [3.05, 3.63) is 0 Å². The van der Waals surface area contributed by atoms with Gasteiger partial charge < -0.3 is 15.2 Å². The molecule has 0 bridgehead atoms. The number of hydrogen-bond donors (Lipinski definition) is 1. The van der Waals surface area contributed by atoms with Gasteiger partial charge in [-0.2, -0.15) is 0 Å². The van der Waals surface area contributed by atoms with E-state index in [1.165, 1.54) is 0 Å². The van der Waals surface area contributed by atoms with Gasteiger partial charge in [0.25, 0.3) is 0 Å². The summed E-state index contributed by atoms with van der Waals surface area (Å²) in [6.07, 6.45) is 9.98. The van der Waals surface area contributed by atoms with Gasteiger partial charge in [-0.05, 0) is 25.8 Å². The molecule has 0 aromatic carbocycles. The van der Waals surface area contributed by atoms with Crippen LogP contribution in [0.25, 0.3) is 0 Å². The largest absolute Gasteiger partial charge is 0.462 e. The van der Waals surface area contributed by atoms with E-state index in [9.17, 15) is 14.2 Å². The molecule has 0 saturated carbocycles. The highest BCUT2D eigenvalue weighted by atomic mass is 31.1. The van der Waals surface area contributed by atoms with Crippen LogP contribution in [0.5, 0.6) is 0 Å². The Morgan fingerprint density at radius 3 is 2.07 bits per heavy atom. The Hall–Kier alpha value is -1.04. The average molecular weight is 405 g/mol. The Balaban J connectivity index is 3.98. The Kier molecular flexibility index (Phi) is 19.0. The van der Waals surface area contributed by atoms with Gasteiger partial charge in [-0.25, -0.2) is 4.57 Å². The number of carbonyl (C=O) groups excluding carboxylic acids is 2. The van der Waals surface area contributed by atoms with E-state index < -0.39 is 14.8 Å². The topological polar surface area (TPSA) is 105 Å². The van der Waals surface area contributed by atoms with Crippen LogP contribution < -0.4 is 5.73 Å². The molecule has 0 aliphatic rings. The number of hydrogen-bond acceptors (Lipinski definition) is 7. The maximum Gasteiger partial charge on any atom is 0.327 e. The molecule has 0 rings (SSSR count). The fourth-order valence-electron chi connectivity index (χ4n) is 2.55. The summed E-state index contributed by atoms with van der Waals surface area (Å²) in [5, 5.41) is 0. The van der Waals surface area contributed by atoms with Crippen LogP contribution in [0.3, 0.4) is 0 Å². The third-order valence-electron chi connectivity index (χ3n) is 4.11. The van der Waals surface area contributed by atoms with Gasteiger partial charge in [0.2, 0.25) is 0 Å². The monoisotopic (exact) mass is 405 g/mol. The maximum atomic E-state index is 11.9. The van der Waals surface area contributed by atoms with Gasteiger partial charge in [-0.1, -0.05) is 51.9 Å². The molecule has 0 fully saturated rings. The standard InChI is InChI=1S/C19H36NO6P/c1-2-3-4-6-10-13-19(22)26-17(16-25-27-23)15-24-18(21)12-9-7-5-8-11-14-20/h17H,2-16,20H2,1H3/t17-/m0/s1. The van der Waals surface area contributed by atoms with Crippen LogP contribution >= 0.6 is 8.69 Å². The summed E-state index contributed by atoms with van der Waals surface area (Å²) < 4.78 is 25.7. The third kappa shape index (κ3) is 18.1. The second-order valence-electron chi connectivity index (χ2n) is 6.64. The zero-order chi connectivity index (χ0) is 20.2. The number of unbranched alkanes of at least 4 members (excludes halogenated alkanes) is 8. The van der Waals surface area contributed by atoms with E-state index in [0.717, 1.165) is 64.2 Å². The molecule has 0 unspecified atom stereocenters. The van der Waals surface area contributed by atoms with Crippen molar-refractivity contribution in [1.29, 1.82) is 0 Å². The molecule has 0 spiro atoms. The van der Waals surface area contributed by atoms with E-state index in [0.29, 0.717) is 19.4 Å². The highest BCUT2D eigenvalue weighted by Gasteiger charge is 2.17. The van der Waals surface area contributed by atoms with Gasteiger partial charge in [0.1, 0.15) is 13.2 Å². The van der Waals surface area contributed by atoms with Crippen molar-refractivity contribution in [1.82, 2.24) is 0 Å². The molecule has 0 radical (unpaired) electrons. The molecule has 0 aliphatic carbocycles. The quantitative estimate of drug-likeness (QED) is 0.194. The summed E-state index contributed by atoms with van der Waals surface area (Å²) in [5.41, 5.74) is 5.43. The van der Waals surface area contributed by atoms with Gasteiger partial charge in [0.05, 0.1) is 0 Å². The molecule has 0 saturated heterocycles. The summed E-state index contributed by atoms with van der Waals surface area (Å²) in [4.78, 5) is 23.7. The van der Waals surface area contributed by atoms with E-state index in [4.69, 9.17) is 19.7 Å². The Labute approximate surface area is 165 Å². The highest BCUT2D eigenvalue weighted by Crippen LogP contribution is 2.10. The lowest BCUT2D eigenvalue weighted by Gasteiger charge is -2.16. The predicted molar refractivity (Wildman–Crippen MR) is 105 cm³/mol. The lowest BCUT2D eigenvalue weighted by Crippen LogP contribution is -2.28. The summed E-state index contributed by atoms with van der Waals surface area (Å²) in [6.45, 7) is 2.69. The van der Waals surface area contributed by atoms with E-state index >= 15 is 0 Å². The SMILES string of the molecule is CCCCCCCC(=O)O[C@H](COP=O)COC(=O)CCCCCCCN. The number of rotatable bonds is 19. The van der Waals surface area contributed by atoms with Crippen molar-refractivity contribution in [3.63, 3.8) is 0 Å². The van der Waals surface area contributed by atoms with Crippen LogP contribution in [-0.4, -0.2) is 37.8 Å². The van der Waals surface area contributed by atoms with Gasteiger partial charge in [-0.3, -0.25) is 14.1 Å². The molecule has 1 atom stereocenters. The van der Waals surface area contributed by atoms with Crippen LogP contribution in [0.2, 0.25) is 0 Å². The summed E-state index contributed by atoms with van der Waals surface area (Å²) in [5.74, 6) is -0.673. The number of carbonyl (C=O) groups is 2. The zero-order valence-corrected chi connectivity index (χ0v) is 17.6. The smallest absolute Gasteiger partial charge is 0.327 e. The number of ether oxygens (including phenoxy) is 2. The molecule has 0 heterocycles. The molecule has 27 heavy (non-hydrogen) atoms. The van der Waals surface area contributed by atoms with E-state index in [2.05, 4.69) is 6.92 Å². The van der Waals surface area contributed by atoms with Crippen molar-refractivity contribution in [2.75, 3.05) is 19.8 Å². The molecule has 7 nitrogen and oxygen atoms in total. The predicted octanol–water partition coefficient (Wildman–Crippen LogP) is 4.32. The van der Waals surface area contributed by atoms with Gasteiger partial charge in [0, 0.05) is 12.8 Å². The summed E-state index contributed by atoms with van der Waals surface area (Å²) in [6, 6.07) is 0. The Morgan fingerprint density at radius 1 is 0.852 bits per heavy atom. The van der Waals surface area contributed by atoms with Crippen LogP contribution in [-0.2, 0) is 28.2 Å². The molecule has 8 heteroatoms. The number of esters is 2. The van der Waals surface area contributed by atoms with Gasteiger partial charge in [0.15, 0.2) is 6.10 Å². The molecule has 2 N–H and O–H groups in total. The van der Waals surface area contributed by atoms with Crippen molar-refractivity contribution in [2.45, 2.75) is 90.1 Å². The fourth-order valence-corrected chi connectivity index (χ4v) is 2.78. The highest BCUT2D eigenvalue weighted by molar-refractivity contribution is 7.17. The Morgan fingerprint density at radius 2 is 1.44 bits per heavy atom. The molecular weight excluding hydrogens is 369 g/mol. The zero-order valence-electron chi connectivity index (χ0n) is 16.7. The van der Waals surface area contributed by atoms with E-state index in [1.54, 1.807) is 0 Å². The van der Waals surface area contributed by atoms with E-state index in [1.807, 2.05) is 0 Å².